The third-order valence-corrected chi connectivity index (χ3v) is 12.5. The average Bonchev–Trinajstić information content (AvgIpc) is 3.23. The lowest BCUT2D eigenvalue weighted by Gasteiger charge is -2.22. The number of allylic oxidation sites excluding steroid dienone is 4. The van der Waals surface area contributed by atoms with Gasteiger partial charge in [0.05, 0.1) is 18.8 Å². The Hall–Kier alpha value is -1.13. The van der Waals surface area contributed by atoms with Gasteiger partial charge in [0.2, 0.25) is 5.91 Å². The Bertz CT molecular complexity index is 840. The topological polar surface area (TPSA) is 69.6 Å². The molecule has 0 fully saturated rings. The van der Waals surface area contributed by atoms with E-state index in [9.17, 15) is 15.0 Å². The summed E-state index contributed by atoms with van der Waals surface area (Å²) in [6, 6.07) is -0.534. The van der Waals surface area contributed by atoms with Crippen molar-refractivity contribution < 1.29 is 15.0 Å². The molecule has 344 valence electrons. The largest absolute Gasteiger partial charge is 0.394 e. The van der Waals surface area contributed by atoms with Crippen LogP contribution >= 0.6 is 0 Å². The van der Waals surface area contributed by atoms with Crippen molar-refractivity contribution in [1.29, 1.82) is 0 Å². The molecule has 2 unspecified atom stereocenters. The summed E-state index contributed by atoms with van der Waals surface area (Å²) in [5.74, 6) is -0.0265. The second-order valence-electron chi connectivity index (χ2n) is 18.3. The molecule has 4 nitrogen and oxygen atoms in total. The number of amides is 1. The van der Waals surface area contributed by atoms with Crippen LogP contribution in [-0.4, -0.2) is 34.9 Å². The molecule has 0 aromatic rings. The van der Waals surface area contributed by atoms with Crippen molar-refractivity contribution >= 4 is 5.91 Å². The Morgan fingerprint density at radius 2 is 0.707 bits per heavy atom. The zero-order valence-corrected chi connectivity index (χ0v) is 39.6. The molecule has 0 aliphatic heterocycles. The summed E-state index contributed by atoms with van der Waals surface area (Å²) in [5.41, 5.74) is 0. The number of nitrogens with one attached hydrogen (secondary N) is 1. The zero-order valence-electron chi connectivity index (χ0n) is 39.6. The summed E-state index contributed by atoms with van der Waals surface area (Å²) < 4.78 is 0. The average molecular weight is 816 g/mol. The number of aliphatic hydroxyl groups is 2. The second-order valence-corrected chi connectivity index (χ2v) is 18.3. The number of carbonyl (C=O) groups excluding carboxylic acids is 1. The zero-order chi connectivity index (χ0) is 42.1. The summed E-state index contributed by atoms with van der Waals surface area (Å²) in [6.45, 7) is 4.37. The van der Waals surface area contributed by atoms with Crippen molar-refractivity contribution in [3.63, 3.8) is 0 Å². The van der Waals surface area contributed by atoms with E-state index in [0.29, 0.717) is 12.8 Å². The van der Waals surface area contributed by atoms with E-state index < -0.39 is 12.1 Å². The van der Waals surface area contributed by atoms with Gasteiger partial charge in [0, 0.05) is 6.42 Å². The molecule has 0 aliphatic carbocycles. The number of aliphatic hydroxyl groups excluding tert-OH is 2. The molecule has 0 bridgehead atoms. The molecule has 1 amide bonds. The van der Waals surface area contributed by atoms with Crippen molar-refractivity contribution in [3.05, 3.63) is 24.3 Å². The van der Waals surface area contributed by atoms with Gasteiger partial charge < -0.3 is 15.5 Å². The summed E-state index contributed by atoms with van der Waals surface area (Å²) in [6.07, 6.45) is 65.8. The van der Waals surface area contributed by atoms with E-state index in [1.807, 2.05) is 0 Å². The van der Waals surface area contributed by atoms with E-state index in [2.05, 4.69) is 43.5 Å². The van der Waals surface area contributed by atoms with Crippen LogP contribution in [0.5, 0.6) is 0 Å². The predicted molar refractivity (Wildman–Crippen MR) is 258 cm³/mol. The first-order chi connectivity index (χ1) is 28.7. The van der Waals surface area contributed by atoms with Crippen LogP contribution in [0.25, 0.3) is 0 Å². The normalized spacial score (nSPS) is 13.0. The van der Waals surface area contributed by atoms with Gasteiger partial charge in [-0.25, -0.2) is 0 Å². The van der Waals surface area contributed by atoms with Crippen LogP contribution < -0.4 is 5.32 Å². The molecule has 4 heteroatoms. The number of unbranched alkanes of at least 4 members (excludes halogenated alkanes) is 38. The van der Waals surface area contributed by atoms with Gasteiger partial charge in [0.25, 0.3) is 0 Å². The minimum Gasteiger partial charge on any atom is -0.394 e. The highest BCUT2D eigenvalue weighted by Gasteiger charge is 2.20. The third kappa shape index (κ3) is 45.9. The van der Waals surface area contributed by atoms with Gasteiger partial charge >= 0.3 is 0 Å². The maximum atomic E-state index is 12.5. The SMILES string of the molecule is CCCCCCC/C=C\C/C=C\CCCCCCCCCCCCCCCCCCCC(=O)NC(CO)C(O)CCCCCCCCCCCCCCCCCCC. The van der Waals surface area contributed by atoms with E-state index in [1.165, 1.54) is 238 Å². The molecule has 58 heavy (non-hydrogen) atoms. The molecule has 0 radical (unpaired) electrons. The molecule has 0 saturated heterocycles. The lowest BCUT2D eigenvalue weighted by molar-refractivity contribution is -0.123. The van der Waals surface area contributed by atoms with Gasteiger partial charge in [-0.15, -0.1) is 0 Å². The molecule has 0 aromatic carbocycles. The predicted octanol–water partition coefficient (Wildman–Crippen LogP) is 17.1. The van der Waals surface area contributed by atoms with E-state index in [0.717, 1.165) is 32.1 Å². The molecule has 2 atom stereocenters. The quantitative estimate of drug-likeness (QED) is 0.0423. The number of hydrogen-bond acceptors (Lipinski definition) is 3. The van der Waals surface area contributed by atoms with Crippen LogP contribution in [0.2, 0.25) is 0 Å². The number of hydrogen-bond donors (Lipinski definition) is 3. The van der Waals surface area contributed by atoms with Gasteiger partial charge in [0.1, 0.15) is 0 Å². The first-order valence-corrected chi connectivity index (χ1v) is 26.5. The van der Waals surface area contributed by atoms with Crippen LogP contribution in [-0.2, 0) is 4.79 Å². The van der Waals surface area contributed by atoms with Crippen molar-refractivity contribution in [3.8, 4) is 0 Å². The lowest BCUT2D eigenvalue weighted by atomic mass is 10.0. The van der Waals surface area contributed by atoms with Crippen LogP contribution in [0.4, 0.5) is 0 Å². The maximum Gasteiger partial charge on any atom is 0.220 e. The Balaban J connectivity index is 3.43. The summed E-state index contributed by atoms with van der Waals surface area (Å²) >= 11 is 0. The summed E-state index contributed by atoms with van der Waals surface area (Å²) in [4.78, 5) is 12.5. The Labute approximate surface area is 364 Å². The molecule has 0 aliphatic rings. The molecule has 3 N–H and O–H groups in total. The van der Waals surface area contributed by atoms with Gasteiger partial charge in [-0.2, -0.15) is 0 Å². The lowest BCUT2D eigenvalue weighted by Crippen LogP contribution is -2.45. The Morgan fingerprint density at radius 1 is 0.414 bits per heavy atom. The minimum atomic E-state index is -0.657. The number of carbonyl (C=O) groups is 1. The monoisotopic (exact) mass is 816 g/mol. The highest BCUT2D eigenvalue weighted by molar-refractivity contribution is 5.76. The Morgan fingerprint density at radius 3 is 1.03 bits per heavy atom. The Kier molecular flexibility index (Phi) is 49.2. The van der Waals surface area contributed by atoms with Crippen LogP contribution in [0.3, 0.4) is 0 Å². The van der Waals surface area contributed by atoms with Crippen molar-refractivity contribution in [1.82, 2.24) is 5.32 Å². The van der Waals surface area contributed by atoms with Gasteiger partial charge in [0.15, 0.2) is 0 Å². The van der Waals surface area contributed by atoms with Crippen molar-refractivity contribution in [2.45, 2.75) is 309 Å². The fourth-order valence-electron chi connectivity index (χ4n) is 8.39. The minimum absolute atomic E-state index is 0.0265. The van der Waals surface area contributed by atoms with E-state index in [-0.39, 0.29) is 12.5 Å². The molecular weight excluding hydrogens is 711 g/mol. The fourth-order valence-corrected chi connectivity index (χ4v) is 8.39. The molecule has 0 aromatic heterocycles. The smallest absolute Gasteiger partial charge is 0.220 e. The van der Waals surface area contributed by atoms with Gasteiger partial charge in [-0.3, -0.25) is 4.79 Å². The second kappa shape index (κ2) is 50.2. The van der Waals surface area contributed by atoms with E-state index in [4.69, 9.17) is 0 Å². The summed E-state index contributed by atoms with van der Waals surface area (Å²) in [5, 5.41) is 23.3. The first kappa shape index (κ1) is 56.9. The van der Waals surface area contributed by atoms with Crippen molar-refractivity contribution in [2.75, 3.05) is 6.61 Å². The first-order valence-electron chi connectivity index (χ1n) is 26.5. The van der Waals surface area contributed by atoms with Gasteiger partial charge in [-0.1, -0.05) is 269 Å². The molecule has 0 spiro atoms. The highest BCUT2D eigenvalue weighted by atomic mass is 16.3. The third-order valence-electron chi connectivity index (χ3n) is 12.5. The van der Waals surface area contributed by atoms with Crippen LogP contribution in [0, 0.1) is 0 Å². The van der Waals surface area contributed by atoms with E-state index >= 15 is 0 Å². The van der Waals surface area contributed by atoms with Gasteiger partial charge in [-0.05, 0) is 44.9 Å². The van der Waals surface area contributed by atoms with E-state index in [1.54, 1.807) is 0 Å². The molecule has 0 heterocycles. The van der Waals surface area contributed by atoms with Crippen molar-refractivity contribution in [2.24, 2.45) is 0 Å². The standard InChI is InChI=1S/C54H105NO3/c1-3-5-7-9-11-13-15-17-19-21-22-23-24-25-26-27-28-29-30-31-32-34-36-38-40-42-44-46-48-50-54(58)55-52(51-56)53(57)49-47-45-43-41-39-37-35-33-20-18-16-14-12-10-8-6-4-2/h15,17,21-22,52-53,56-57H,3-14,16,18-20,23-51H2,1-2H3,(H,55,58)/b17-15-,22-21-. The highest BCUT2D eigenvalue weighted by Crippen LogP contribution is 2.17. The molecular formula is C54H105NO3. The van der Waals surface area contributed by atoms with Crippen LogP contribution in [0.1, 0.15) is 296 Å². The number of rotatable bonds is 49. The summed E-state index contributed by atoms with van der Waals surface area (Å²) in [7, 11) is 0. The molecule has 0 rings (SSSR count). The van der Waals surface area contributed by atoms with Crippen LogP contribution in [0.15, 0.2) is 24.3 Å². The maximum absolute atomic E-state index is 12.5. The fraction of sp³-hybridized carbons (Fsp3) is 0.907. The molecule has 0 saturated carbocycles.